The molecule has 0 fully saturated rings. The molecule has 88 valence electrons. The molecule has 0 saturated heterocycles. The summed E-state index contributed by atoms with van der Waals surface area (Å²) in [4.78, 5) is 12.2. The molecule has 1 aromatic rings. The minimum Gasteiger partial charge on any atom is -0.463 e. The van der Waals surface area contributed by atoms with Crippen molar-refractivity contribution in [3.05, 3.63) is 32.9 Å². The molecular formula is C11H14BrNO2S. The Balaban J connectivity index is 2.14. The van der Waals surface area contributed by atoms with E-state index in [1.165, 1.54) is 11.0 Å². The molecule has 0 amide bonds. The van der Waals surface area contributed by atoms with Crippen LogP contribution in [0.25, 0.3) is 0 Å². The third-order valence-electron chi connectivity index (χ3n) is 1.72. The van der Waals surface area contributed by atoms with Gasteiger partial charge >= 0.3 is 5.97 Å². The highest BCUT2D eigenvalue weighted by atomic mass is 79.9. The molecule has 0 aliphatic heterocycles. The van der Waals surface area contributed by atoms with Crippen molar-refractivity contribution in [2.24, 2.45) is 0 Å². The normalized spacial score (nSPS) is 10.9. The summed E-state index contributed by atoms with van der Waals surface area (Å²) in [7, 11) is 0. The van der Waals surface area contributed by atoms with Crippen molar-refractivity contribution < 1.29 is 9.53 Å². The number of hydrogen-bond acceptors (Lipinski definition) is 4. The first-order valence-corrected chi connectivity index (χ1v) is 6.66. The molecule has 5 heteroatoms. The van der Waals surface area contributed by atoms with Crippen LogP contribution in [0.5, 0.6) is 0 Å². The Bertz CT molecular complexity index is 363. The summed E-state index contributed by atoms with van der Waals surface area (Å²) in [6.07, 6.45) is 3.21. The van der Waals surface area contributed by atoms with Crippen LogP contribution < -0.4 is 5.32 Å². The third kappa shape index (κ3) is 5.44. The first-order chi connectivity index (χ1) is 7.72. The summed E-state index contributed by atoms with van der Waals surface area (Å²) >= 11 is 5.10. The Morgan fingerprint density at radius 3 is 3.12 bits per heavy atom. The van der Waals surface area contributed by atoms with E-state index < -0.39 is 0 Å². The van der Waals surface area contributed by atoms with Crippen molar-refractivity contribution in [3.8, 4) is 0 Å². The summed E-state index contributed by atoms with van der Waals surface area (Å²) in [5.74, 6) is -0.289. The standard InChI is InChI=1S/C11H14BrNO2S/c1-2-15-11(14)4-3-5-13-7-10-6-9(12)8-16-10/h3-4,6,8,13H,2,5,7H2,1H3/b4-3+. The third-order valence-corrected chi connectivity index (χ3v) is 3.42. The van der Waals surface area contributed by atoms with Gasteiger partial charge in [-0.3, -0.25) is 0 Å². The molecule has 0 bridgehead atoms. The Morgan fingerprint density at radius 1 is 1.69 bits per heavy atom. The zero-order valence-corrected chi connectivity index (χ0v) is 11.4. The predicted molar refractivity (Wildman–Crippen MR) is 69.5 cm³/mol. The fourth-order valence-corrected chi connectivity index (χ4v) is 2.49. The Kier molecular flexibility index (Phi) is 6.37. The molecule has 0 atom stereocenters. The average Bonchev–Trinajstić information content (AvgIpc) is 2.64. The number of carbonyl (C=O) groups excluding carboxylic acids is 1. The quantitative estimate of drug-likeness (QED) is 0.499. The van der Waals surface area contributed by atoms with Gasteiger partial charge in [0.2, 0.25) is 0 Å². The van der Waals surface area contributed by atoms with Crippen molar-refractivity contribution in [1.29, 1.82) is 0 Å². The van der Waals surface area contributed by atoms with Gasteiger partial charge in [-0.05, 0) is 28.9 Å². The summed E-state index contributed by atoms with van der Waals surface area (Å²) in [5, 5.41) is 5.25. The molecule has 0 unspecified atom stereocenters. The van der Waals surface area contributed by atoms with Gasteiger partial charge in [0, 0.05) is 33.9 Å². The molecule has 0 saturated carbocycles. The van der Waals surface area contributed by atoms with Crippen molar-refractivity contribution in [2.45, 2.75) is 13.5 Å². The van der Waals surface area contributed by atoms with E-state index in [1.807, 2.05) is 5.38 Å². The molecule has 1 N–H and O–H groups in total. The van der Waals surface area contributed by atoms with Crippen molar-refractivity contribution in [2.75, 3.05) is 13.2 Å². The molecular weight excluding hydrogens is 290 g/mol. The number of halogens is 1. The molecule has 16 heavy (non-hydrogen) atoms. The van der Waals surface area contributed by atoms with E-state index in [0.29, 0.717) is 13.2 Å². The lowest BCUT2D eigenvalue weighted by atomic mass is 10.4. The molecule has 1 rings (SSSR count). The van der Waals surface area contributed by atoms with Gasteiger partial charge in [-0.25, -0.2) is 4.79 Å². The SMILES string of the molecule is CCOC(=O)/C=C/CNCc1cc(Br)cs1. The Morgan fingerprint density at radius 2 is 2.50 bits per heavy atom. The van der Waals surface area contributed by atoms with E-state index in [-0.39, 0.29) is 5.97 Å². The zero-order valence-electron chi connectivity index (χ0n) is 9.03. The summed E-state index contributed by atoms with van der Waals surface area (Å²) < 4.78 is 5.86. The number of nitrogens with one attached hydrogen (secondary N) is 1. The van der Waals surface area contributed by atoms with Crippen LogP contribution in [0.15, 0.2) is 28.1 Å². The highest BCUT2D eigenvalue weighted by molar-refractivity contribution is 9.10. The van der Waals surface area contributed by atoms with E-state index in [1.54, 1.807) is 24.3 Å². The fraction of sp³-hybridized carbons (Fsp3) is 0.364. The van der Waals surface area contributed by atoms with Crippen molar-refractivity contribution in [3.63, 3.8) is 0 Å². The van der Waals surface area contributed by atoms with Gasteiger partial charge in [0.15, 0.2) is 0 Å². The summed E-state index contributed by atoms with van der Waals surface area (Å²) in [6, 6.07) is 2.08. The second kappa shape index (κ2) is 7.60. The van der Waals surface area contributed by atoms with E-state index in [0.717, 1.165) is 11.0 Å². The Hall–Kier alpha value is -0.650. The van der Waals surface area contributed by atoms with Crippen LogP contribution in [-0.2, 0) is 16.1 Å². The monoisotopic (exact) mass is 303 g/mol. The van der Waals surface area contributed by atoms with Crippen molar-refractivity contribution >= 4 is 33.2 Å². The van der Waals surface area contributed by atoms with Gasteiger partial charge in [-0.2, -0.15) is 0 Å². The molecule has 3 nitrogen and oxygen atoms in total. The van der Waals surface area contributed by atoms with Gasteiger partial charge < -0.3 is 10.1 Å². The van der Waals surface area contributed by atoms with Crippen LogP contribution in [-0.4, -0.2) is 19.1 Å². The average molecular weight is 304 g/mol. The second-order valence-electron chi connectivity index (χ2n) is 3.02. The molecule has 0 aliphatic rings. The highest BCUT2D eigenvalue weighted by Crippen LogP contribution is 2.19. The molecule has 1 aromatic heterocycles. The van der Waals surface area contributed by atoms with Crippen LogP contribution in [0.4, 0.5) is 0 Å². The lowest BCUT2D eigenvalue weighted by molar-refractivity contribution is -0.137. The first-order valence-electron chi connectivity index (χ1n) is 4.99. The van der Waals surface area contributed by atoms with E-state index in [4.69, 9.17) is 4.74 Å². The van der Waals surface area contributed by atoms with Gasteiger partial charge in [-0.1, -0.05) is 6.08 Å². The largest absolute Gasteiger partial charge is 0.463 e. The number of hydrogen-bond donors (Lipinski definition) is 1. The molecule has 0 aromatic carbocycles. The number of thiophene rings is 1. The van der Waals surface area contributed by atoms with Crippen LogP contribution in [0.3, 0.4) is 0 Å². The number of ether oxygens (including phenoxy) is 1. The minimum atomic E-state index is -0.289. The number of esters is 1. The second-order valence-corrected chi connectivity index (χ2v) is 4.93. The molecule has 0 aliphatic carbocycles. The molecule has 0 radical (unpaired) electrons. The van der Waals surface area contributed by atoms with Crippen LogP contribution in [0.1, 0.15) is 11.8 Å². The van der Waals surface area contributed by atoms with E-state index in [2.05, 4.69) is 27.3 Å². The number of carbonyl (C=O) groups is 1. The fourth-order valence-electron chi connectivity index (χ4n) is 1.07. The highest BCUT2D eigenvalue weighted by Gasteiger charge is 1.96. The maximum absolute atomic E-state index is 10.9. The van der Waals surface area contributed by atoms with Gasteiger partial charge in [0.25, 0.3) is 0 Å². The molecule has 0 spiro atoms. The summed E-state index contributed by atoms with van der Waals surface area (Å²) in [5.41, 5.74) is 0. The van der Waals surface area contributed by atoms with Gasteiger partial charge in [0.05, 0.1) is 6.61 Å². The minimum absolute atomic E-state index is 0.289. The van der Waals surface area contributed by atoms with Crippen LogP contribution in [0, 0.1) is 0 Å². The van der Waals surface area contributed by atoms with Gasteiger partial charge in [0.1, 0.15) is 0 Å². The van der Waals surface area contributed by atoms with Crippen LogP contribution in [0.2, 0.25) is 0 Å². The smallest absolute Gasteiger partial charge is 0.330 e. The maximum Gasteiger partial charge on any atom is 0.330 e. The number of rotatable bonds is 6. The lowest BCUT2D eigenvalue weighted by Crippen LogP contribution is -2.12. The maximum atomic E-state index is 10.9. The lowest BCUT2D eigenvalue weighted by Gasteiger charge is -1.98. The Labute approximate surface area is 108 Å². The topological polar surface area (TPSA) is 38.3 Å². The van der Waals surface area contributed by atoms with Gasteiger partial charge in [-0.15, -0.1) is 11.3 Å². The predicted octanol–water partition coefficient (Wildman–Crippen LogP) is 2.72. The molecule has 1 heterocycles. The zero-order chi connectivity index (χ0) is 11.8. The van der Waals surface area contributed by atoms with E-state index >= 15 is 0 Å². The summed E-state index contributed by atoms with van der Waals surface area (Å²) in [6.45, 7) is 3.68. The van der Waals surface area contributed by atoms with E-state index in [9.17, 15) is 4.79 Å². The first kappa shape index (κ1) is 13.4. The van der Waals surface area contributed by atoms with Crippen molar-refractivity contribution in [1.82, 2.24) is 5.32 Å². The van der Waals surface area contributed by atoms with Crippen LogP contribution >= 0.6 is 27.3 Å².